The summed E-state index contributed by atoms with van der Waals surface area (Å²) in [6, 6.07) is 10.9. The molecule has 4 rings (SSSR count). The SMILES string of the molecule is Cc1cc(C=NNC(=O)c2ccccc2)c(C)n1-c1sc2c(c1C(=O)O)CCCC2. The number of rotatable bonds is 5. The lowest BCUT2D eigenvalue weighted by Gasteiger charge is -2.11. The Bertz CT molecular complexity index is 1140. The molecule has 6 nitrogen and oxygen atoms in total. The summed E-state index contributed by atoms with van der Waals surface area (Å²) in [6.07, 6.45) is 5.51. The van der Waals surface area contributed by atoms with Gasteiger partial charge in [0.1, 0.15) is 5.00 Å². The molecule has 0 spiro atoms. The number of aromatic nitrogens is 1. The Labute approximate surface area is 178 Å². The third-order valence-corrected chi connectivity index (χ3v) is 6.72. The van der Waals surface area contributed by atoms with Crippen LogP contribution in [0.15, 0.2) is 41.5 Å². The Morgan fingerprint density at radius 2 is 1.90 bits per heavy atom. The van der Waals surface area contributed by atoms with Gasteiger partial charge >= 0.3 is 5.97 Å². The number of thiophene rings is 1. The van der Waals surface area contributed by atoms with Crippen LogP contribution in [-0.2, 0) is 12.8 Å². The third kappa shape index (κ3) is 3.68. The van der Waals surface area contributed by atoms with Gasteiger partial charge in [0.2, 0.25) is 0 Å². The Hall–Kier alpha value is -3.19. The predicted octanol–water partition coefficient (Wildman–Crippen LogP) is 4.50. The zero-order valence-corrected chi connectivity index (χ0v) is 17.8. The maximum absolute atomic E-state index is 12.2. The van der Waals surface area contributed by atoms with Gasteiger partial charge in [0, 0.05) is 27.4 Å². The van der Waals surface area contributed by atoms with Gasteiger partial charge in [-0.15, -0.1) is 11.3 Å². The van der Waals surface area contributed by atoms with Crippen molar-refractivity contribution in [2.75, 3.05) is 0 Å². The summed E-state index contributed by atoms with van der Waals surface area (Å²) in [5.41, 5.74) is 7.17. The Kier molecular flexibility index (Phi) is 5.55. The molecule has 2 N–H and O–H groups in total. The minimum atomic E-state index is -0.873. The average Bonchev–Trinajstić information content (AvgIpc) is 3.25. The lowest BCUT2D eigenvalue weighted by Crippen LogP contribution is -2.17. The number of carbonyl (C=O) groups is 2. The minimum absolute atomic E-state index is 0.278. The van der Waals surface area contributed by atoms with Gasteiger partial charge in [0.15, 0.2) is 0 Å². The molecule has 1 aliphatic rings. The van der Waals surface area contributed by atoms with Crippen LogP contribution in [-0.4, -0.2) is 27.8 Å². The van der Waals surface area contributed by atoms with Crippen LogP contribution >= 0.6 is 11.3 Å². The van der Waals surface area contributed by atoms with E-state index in [2.05, 4.69) is 10.5 Å². The monoisotopic (exact) mass is 421 g/mol. The van der Waals surface area contributed by atoms with Crippen molar-refractivity contribution in [3.63, 3.8) is 0 Å². The molecule has 0 saturated heterocycles. The number of carbonyl (C=O) groups excluding carboxylic acids is 1. The molecule has 30 heavy (non-hydrogen) atoms. The average molecular weight is 422 g/mol. The standard InChI is InChI=1S/C23H23N3O3S/c1-14-12-17(13-24-25-21(27)16-8-4-3-5-9-16)15(2)26(14)22-20(23(28)29)18-10-6-7-11-19(18)30-22/h3-5,8-9,12-13H,6-7,10-11H2,1-2H3,(H,25,27)(H,28,29). The van der Waals surface area contributed by atoms with Crippen LogP contribution in [0.5, 0.6) is 0 Å². The quantitative estimate of drug-likeness (QED) is 0.470. The van der Waals surface area contributed by atoms with E-state index in [4.69, 9.17) is 0 Å². The maximum Gasteiger partial charge on any atom is 0.339 e. The molecule has 2 heterocycles. The van der Waals surface area contributed by atoms with Crippen molar-refractivity contribution in [1.29, 1.82) is 0 Å². The van der Waals surface area contributed by atoms with Gasteiger partial charge in [-0.05, 0) is 63.3 Å². The van der Waals surface area contributed by atoms with Crippen LogP contribution in [0, 0.1) is 13.8 Å². The van der Waals surface area contributed by atoms with E-state index >= 15 is 0 Å². The van der Waals surface area contributed by atoms with Gasteiger partial charge in [-0.3, -0.25) is 4.79 Å². The van der Waals surface area contributed by atoms with Gasteiger partial charge in [-0.2, -0.15) is 5.10 Å². The van der Waals surface area contributed by atoms with E-state index in [1.165, 1.54) is 4.88 Å². The van der Waals surface area contributed by atoms with Crippen LogP contribution in [0.25, 0.3) is 5.00 Å². The number of carboxylic acid groups (broad SMARTS) is 1. The molecule has 154 valence electrons. The summed E-state index contributed by atoms with van der Waals surface area (Å²) in [7, 11) is 0. The van der Waals surface area contributed by atoms with Crippen molar-refractivity contribution in [2.24, 2.45) is 5.10 Å². The number of aromatic carboxylic acids is 1. The number of amides is 1. The highest BCUT2D eigenvalue weighted by atomic mass is 32.1. The molecule has 0 atom stereocenters. The van der Waals surface area contributed by atoms with Gasteiger partial charge in [-0.1, -0.05) is 18.2 Å². The molecule has 1 amide bonds. The lowest BCUT2D eigenvalue weighted by molar-refractivity contribution is 0.0695. The van der Waals surface area contributed by atoms with E-state index in [-0.39, 0.29) is 5.91 Å². The first-order chi connectivity index (χ1) is 14.5. The minimum Gasteiger partial charge on any atom is -0.478 e. The highest BCUT2D eigenvalue weighted by Crippen LogP contribution is 2.38. The van der Waals surface area contributed by atoms with Gasteiger partial charge in [0.05, 0.1) is 11.8 Å². The zero-order valence-electron chi connectivity index (χ0n) is 16.9. The fraction of sp³-hybridized carbons (Fsp3) is 0.261. The summed E-state index contributed by atoms with van der Waals surface area (Å²) >= 11 is 1.58. The fourth-order valence-corrected chi connectivity index (χ4v) is 5.47. The first-order valence-electron chi connectivity index (χ1n) is 9.93. The Morgan fingerprint density at radius 3 is 2.63 bits per heavy atom. The number of benzene rings is 1. The normalized spacial score (nSPS) is 13.4. The molecule has 0 aliphatic heterocycles. The molecular weight excluding hydrogens is 398 g/mol. The number of hydrogen-bond donors (Lipinski definition) is 2. The second kappa shape index (κ2) is 8.28. The van der Waals surface area contributed by atoms with E-state index in [0.29, 0.717) is 11.1 Å². The van der Waals surface area contributed by atoms with Crippen LogP contribution in [0.4, 0.5) is 0 Å². The van der Waals surface area contributed by atoms with Crippen molar-refractivity contribution in [3.05, 3.63) is 74.9 Å². The van der Waals surface area contributed by atoms with Crippen LogP contribution < -0.4 is 5.43 Å². The third-order valence-electron chi connectivity index (χ3n) is 5.45. The van der Waals surface area contributed by atoms with Crippen molar-refractivity contribution in [1.82, 2.24) is 9.99 Å². The molecule has 7 heteroatoms. The number of aryl methyl sites for hydroxylation is 2. The van der Waals surface area contributed by atoms with Gasteiger partial charge in [0.25, 0.3) is 5.91 Å². The van der Waals surface area contributed by atoms with Crippen LogP contribution in [0.2, 0.25) is 0 Å². The van der Waals surface area contributed by atoms with Crippen LogP contribution in [0.1, 0.15) is 60.9 Å². The van der Waals surface area contributed by atoms with E-state index < -0.39 is 5.97 Å². The fourth-order valence-electron chi connectivity index (χ4n) is 3.97. The van der Waals surface area contributed by atoms with E-state index in [1.54, 1.807) is 41.8 Å². The molecule has 0 saturated carbocycles. The molecule has 3 aromatic rings. The van der Waals surface area contributed by atoms with E-state index in [0.717, 1.165) is 53.2 Å². The topological polar surface area (TPSA) is 83.7 Å². The highest BCUT2D eigenvalue weighted by molar-refractivity contribution is 7.15. The van der Waals surface area contributed by atoms with Gasteiger partial charge < -0.3 is 9.67 Å². The smallest absolute Gasteiger partial charge is 0.339 e. The van der Waals surface area contributed by atoms with Crippen LogP contribution in [0.3, 0.4) is 0 Å². The molecule has 0 fully saturated rings. The molecule has 0 radical (unpaired) electrons. The van der Waals surface area contributed by atoms with Gasteiger partial charge in [-0.25, -0.2) is 10.2 Å². The van der Waals surface area contributed by atoms with E-state index in [1.807, 2.05) is 30.5 Å². The maximum atomic E-state index is 12.2. The number of hydrogen-bond acceptors (Lipinski definition) is 4. The molecule has 1 aliphatic carbocycles. The molecular formula is C23H23N3O3S. The first kappa shape index (κ1) is 20.1. The first-order valence-corrected chi connectivity index (χ1v) is 10.7. The Balaban J connectivity index is 1.64. The van der Waals surface area contributed by atoms with Crippen molar-refractivity contribution in [3.8, 4) is 5.00 Å². The summed E-state index contributed by atoms with van der Waals surface area (Å²) in [5.74, 6) is -1.15. The van der Waals surface area contributed by atoms with Crippen molar-refractivity contribution in [2.45, 2.75) is 39.5 Å². The molecule has 2 aromatic heterocycles. The van der Waals surface area contributed by atoms with E-state index in [9.17, 15) is 14.7 Å². The number of fused-ring (bicyclic) bond motifs is 1. The predicted molar refractivity (Wildman–Crippen MR) is 118 cm³/mol. The largest absolute Gasteiger partial charge is 0.478 e. The number of carboxylic acids is 1. The summed E-state index contributed by atoms with van der Waals surface area (Å²) < 4.78 is 1.99. The number of nitrogens with one attached hydrogen (secondary N) is 1. The number of nitrogens with zero attached hydrogens (tertiary/aromatic N) is 2. The van der Waals surface area contributed by atoms with Crippen molar-refractivity contribution < 1.29 is 14.7 Å². The summed E-state index contributed by atoms with van der Waals surface area (Å²) in [4.78, 5) is 25.4. The lowest BCUT2D eigenvalue weighted by atomic mass is 9.95. The molecule has 1 aromatic carbocycles. The molecule has 0 unspecified atom stereocenters. The highest BCUT2D eigenvalue weighted by Gasteiger charge is 2.27. The second-order valence-corrected chi connectivity index (χ2v) is 8.51. The summed E-state index contributed by atoms with van der Waals surface area (Å²) in [5, 5.41) is 14.8. The van der Waals surface area contributed by atoms with Crippen molar-refractivity contribution >= 4 is 29.4 Å². The molecule has 0 bridgehead atoms. The zero-order chi connectivity index (χ0) is 21.3. The summed E-state index contributed by atoms with van der Waals surface area (Å²) in [6.45, 7) is 3.90. The second-order valence-electron chi connectivity index (χ2n) is 7.42. The number of hydrazone groups is 1. The Morgan fingerprint density at radius 1 is 1.17 bits per heavy atom.